The third kappa shape index (κ3) is 5.39. The van der Waals surface area contributed by atoms with Crippen molar-refractivity contribution in [2.24, 2.45) is 0 Å². The molecule has 164 valence electrons. The molecule has 0 aromatic heterocycles. The summed E-state index contributed by atoms with van der Waals surface area (Å²) in [7, 11) is -4.04. The zero-order valence-electron chi connectivity index (χ0n) is 17.8. The van der Waals surface area contributed by atoms with Crippen molar-refractivity contribution in [3.05, 3.63) is 105 Å². The molecule has 0 aliphatic rings. The van der Waals surface area contributed by atoms with Crippen molar-refractivity contribution in [1.82, 2.24) is 0 Å². The van der Waals surface area contributed by atoms with E-state index in [1.54, 1.807) is 30.3 Å². The molecule has 0 fully saturated rings. The van der Waals surface area contributed by atoms with Crippen molar-refractivity contribution < 1.29 is 12.8 Å². The summed E-state index contributed by atoms with van der Waals surface area (Å²) in [5.41, 5.74) is 3.55. The Morgan fingerprint density at radius 2 is 1.72 bits per heavy atom. The predicted octanol–water partition coefficient (Wildman–Crippen LogP) is 6.21. The molecule has 0 aliphatic heterocycles. The molecule has 0 spiro atoms. The normalized spacial score (nSPS) is 12.1. The Morgan fingerprint density at radius 1 is 1.03 bits per heavy atom. The highest BCUT2D eigenvalue weighted by Crippen LogP contribution is 2.33. The van der Waals surface area contributed by atoms with Crippen LogP contribution in [0.1, 0.15) is 23.6 Å². The second kappa shape index (κ2) is 10.5. The van der Waals surface area contributed by atoms with Gasteiger partial charge in [0.25, 0.3) is 0 Å². The van der Waals surface area contributed by atoms with Crippen molar-refractivity contribution in [2.75, 3.05) is 5.32 Å². The van der Waals surface area contributed by atoms with Crippen LogP contribution in [-0.2, 0) is 22.0 Å². The van der Waals surface area contributed by atoms with E-state index in [2.05, 4.69) is 5.32 Å². The molecule has 3 aromatic carbocycles. The first kappa shape index (κ1) is 23.6. The lowest BCUT2D eigenvalue weighted by atomic mass is 10.1. The molecular weight excluding hydrogens is 443 g/mol. The zero-order chi connectivity index (χ0) is 23.1. The van der Waals surface area contributed by atoms with Gasteiger partial charge in [-0.25, -0.2) is 12.8 Å². The van der Waals surface area contributed by atoms with E-state index in [-0.39, 0.29) is 20.6 Å². The number of allylic oxidation sites excluding steroid dienone is 1. The van der Waals surface area contributed by atoms with E-state index >= 15 is 0 Å². The smallest absolute Gasteiger partial charge is 0.219 e. The van der Waals surface area contributed by atoms with Gasteiger partial charge in [-0.1, -0.05) is 55.5 Å². The maximum absolute atomic E-state index is 13.3. The number of nitriles is 1. The molecule has 0 saturated heterocycles. The third-order valence-corrected chi connectivity index (χ3v) is 7.83. The van der Waals surface area contributed by atoms with E-state index < -0.39 is 9.84 Å². The average molecular weight is 467 g/mol. The molecule has 0 saturated carbocycles. The lowest BCUT2D eigenvalue weighted by Crippen LogP contribution is -2.11. The van der Waals surface area contributed by atoms with Crippen LogP contribution < -0.4 is 5.32 Å². The highest BCUT2D eigenvalue weighted by atomic mass is 32.2. The van der Waals surface area contributed by atoms with Crippen molar-refractivity contribution in [2.45, 2.75) is 30.9 Å². The topological polar surface area (TPSA) is 70.0 Å². The predicted molar refractivity (Wildman–Crippen MR) is 128 cm³/mol. The van der Waals surface area contributed by atoms with Crippen LogP contribution in [0.15, 0.2) is 87.6 Å². The van der Waals surface area contributed by atoms with Crippen molar-refractivity contribution in [3.63, 3.8) is 0 Å². The summed E-state index contributed by atoms with van der Waals surface area (Å²) in [6.45, 7) is 3.95. The van der Waals surface area contributed by atoms with E-state index in [9.17, 15) is 18.1 Å². The molecule has 0 aliphatic carbocycles. The number of halogens is 1. The van der Waals surface area contributed by atoms with E-state index in [1.165, 1.54) is 36.0 Å². The summed E-state index contributed by atoms with van der Waals surface area (Å²) in [4.78, 5) is -0.292. The minimum absolute atomic E-state index is 0.0544. The lowest BCUT2D eigenvalue weighted by Gasteiger charge is -2.18. The number of anilines is 1. The van der Waals surface area contributed by atoms with Gasteiger partial charge in [-0.05, 0) is 54.3 Å². The van der Waals surface area contributed by atoms with Crippen LogP contribution in [0.2, 0.25) is 0 Å². The first-order valence-corrected chi connectivity index (χ1v) is 12.5. The molecule has 0 amide bonds. The minimum Gasteiger partial charge on any atom is -0.348 e. The largest absolute Gasteiger partial charge is 0.348 e. The molecule has 0 radical (unpaired) electrons. The maximum Gasteiger partial charge on any atom is 0.219 e. The van der Waals surface area contributed by atoms with Gasteiger partial charge in [0.15, 0.2) is 4.91 Å². The summed E-state index contributed by atoms with van der Waals surface area (Å²) in [5.74, 6) is 0.0235. The first-order chi connectivity index (χ1) is 15.4. The van der Waals surface area contributed by atoms with E-state index in [0.717, 1.165) is 28.8 Å². The summed E-state index contributed by atoms with van der Waals surface area (Å²) in [6, 6.07) is 21.7. The fraction of sp³-hybridized carbons (Fsp3) is 0.160. The number of aryl methyl sites for hydroxylation is 2. The second-order valence-corrected chi connectivity index (χ2v) is 9.96. The third-order valence-electron chi connectivity index (χ3n) is 4.90. The summed E-state index contributed by atoms with van der Waals surface area (Å²) in [5, 5.41) is 13.4. The van der Waals surface area contributed by atoms with Gasteiger partial charge in [-0.2, -0.15) is 5.26 Å². The number of hydrogen-bond acceptors (Lipinski definition) is 5. The monoisotopic (exact) mass is 466 g/mol. The quantitative estimate of drug-likeness (QED) is 0.400. The van der Waals surface area contributed by atoms with E-state index in [0.29, 0.717) is 5.75 Å². The van der Waals surface area contributed by atoms with Gasteiger partial charge in [0.05, 0.1) is 4.90 Å². The summed E-state index contributed by atoms with van der Waals surface area (Å²) in [6.07, 6.45) is 0.743. The number of benzene rings is 3. The number of para-hydroxylation sites is 1. The molecule has 0 bridgehead atoms. The fourth-order valence-electron chi connectivity index (χ4n) is 3.16. The molecule has 0 unspecified atom stereocenters. The second-order valence-electron chi connectivity index (χ2n) is 7.09. The Bertz CT molecular complexity index is 1260. The van der Waals surface area contributed by atoms with Crippen LogP contribution in [-0.4, -0.2) is 8.42 Å². The molecular formula is C25H23FN2O2S2. The van der Waals surface area contributed by atoms with Crippen LogP contribution >= 0.6 is 11.8 Å². The number of nitrogens with one attached hydrogen (secondary N) is 1. The average Bonchev–Trinajstić information content (AvgIpc) is 2.80. The van der Waals surface area contributed by atoms with Crippen LogP contribution in [0, 0.1) is 24.1 Å². The van der Waals surface area contributed by atoms with E-state index in [4.69, 9.17) is 0 Å². The van der Waals surface area contributed by atoms with Gasteiger partial charge in [0.2, 0.25) is 9.84 Å². The Balaban J connectivity index is 2.10. The number of hydrogen-bond donors (Lipinski definition) is 1. The van der Waals surface area contributed by atoms with Crippen molar-refractivity contribution in [1.29, 1.82) is 5.26 Å². The first-order valence-electron chi connectivity index (χ1n) is 10.0. The fourth-order valence-corrected chi connectivity index (χ4v) is 5.69. The van der Waals surface area contributed by atoms with Crippen LogP contribution in [0.5, 0.6) is 0 Å². The Hall–Kier alpha value is -3.08. The molecule has 7 heteroatoms. The molecule has 0 atom stereocenters. The van der Waals surface area contributed by atoms with Gasteiger partial charge in [-0.15, -0.1) is 11.8 Å². The summed E-state index contributed by atoms with van der Waals surface area (Å²) >= 11 is 1.20. The van der Waals surface area contributed by atoms with Gasteiger partial charge in [0.1, 0.15) is 16.9 Å². The van der Waals surface area contributed by atoms with Crippen molar-refractivity contribution >= 4 is 27.3 Å². The molecule has 32 heavy (non-hydrogen) atoms. The SMILES string of the molecule is CCc1cccc(C)c1N/C(SCc1ccc(F)cc1)=C(/C#N)S(=O)(=O)c1ccccc1. The number of rotatable bonds is 8. The maximum atomic E-state index is 13.3. The number of sulfone groups is 1. The minimum atomic E-state index is -4.04. The Labute approximate surface area is 192 Å². The van der Waals surface area contributed by atoms with Gasteiger partial charge < -0.3 is 5.32 Å². The standard InChI is InChI=1S/C25H23FN2O2S2/c1-3-20-9-7-8-18(2)24(20)28-25(31-17-19-12-14-21(26)15-13-19)23(16-27)32(29,30)22-10-5-4-6-11-22/h4-15,28H,3,17H2,1-2H3/b25-23+. The molecule has 1 N–H and O–H groups in total. The van der Waals surface area contributed by atoms with Gasteiger partial charge >= 0.3 is 0 Å². The van der Waals surface area contributed by atoms with Crippen LogP contribution in [0.3, 0.4) is 0 Å². The Kier molecular flexibility index (Phi) is 7.73. The highest BCUT2D eigenvalue weighted by Gasteiger charge is 2.26. The Morgan fingerprint density at radius 3 is 2.34 bits per heavy atom. The molecule has 3 rings (SSSR count). The lowest BCUT2D eigenvalue weighted by molar-refractivity contribution is 0.603. The van der Waals surface area contributed by atoms with Crippen LogP contribution in [0.25, 0.3) is 0 Å². The van der Waals surface area contributed by atoms with Crippen molar-refractivity contribution in [3.8, 4) is 6.07 Å². The number of thioether (sulfide) groups is 1. The molecule has 4 nitrogen and oxygen atoms in total. The highest BCUT2D eigenvalue weighted by molar-refractivity contribution is 8.04. The number of nitrogens with zero attached hydrogens (tertiary/aromatic N) is 1. The van der Waals surface area contributed by atoms with Gasteiger partial charge in [-0.3, -0.25) is 0 Å². The molecule has 0 heterocycles. The van der Waals surface area contributed by atoms with Crippen LogP contribution in [0.4, 0.5) is 10.1 Å². The zero-order valence-corrected chi connectivity index (χ0v) is 19.4. The summed E-state index contributed by atoms with van der Waals surface area (Å²) < 4.78 is 39.9. The van der Waals surface area contributed by atoms with Gasteiger partial charge in [0, 0.05) is 11.4 Å². The molecule has 3 aromatic rings. The van der Waals surface area contributed by atoms with E-state index in [1.807, 2.05) is 38.1 Å².